The van der Waals surface area contributed by atoms with Crippen LogP contribution >= 0.6 is 24.0 Å². The molecule has 128 valence electrons. The topological polar surface area (TPSA) is 76.1 Å². The molecule has 1 amide bonds. The largest absolute Gasteiger partial charge is 0.497 e. The number of thioether (sulfide) groups is 1. The molecule has 0 aliphatic carbocycles. The van der Waals surface area contributed by atoms with Crippen LogP contribution in [0.4, 0.5) is 0 Å². The zero-order valence-corrected chi connectivity index (χ0v) is 15.1. The van der Waals surface area contributed by atoms with Crippen LogP contribution in [0.1, 0.15) is 18.9 Å². The maximum Gasteiger partial charge on any atom is 0.326 e. The lowest BCUT2D eigenvalue weighted by Gasteiger charge is -2.21. The lowest BCUT2D eigenvalue weighted by Crippen LogP contribution is -2.43. The number of amides is 1. The van der Waals surface area contributed by atoms with Crippen molar-refractivity contribution in [2.45, 2.75) is 19.4 Å². The molecule has 0 spiro atoms. The number of carbonyl (C=O) groups excluding carboxylic acids is 1. The maximum absolute atomic E-state index is 12.6. The first kappa shape index (κ1) is 18.3. The van der Waals surface area contributed by atoms with Crippen molar-refractivity contribution in [3.8, 4) is 11.5 Å². The minimum Gasteiger partial charge on any atom is -0.497 e. The molecule has 1 fully saturated rings. The zero-order chi connectivity index (χ0) is 17.9. The first-order valence-corrected chi connectivity index (χ1v) is 8.37. The highest BCUT2D eigenvalue weighted by atomic mass is 32.2. The molecule has 1 aliphatic heterocycles. The molecule has 1 aromatic carbocycles. The molecule has 0 aromatic heterocycles. The van der Waals surface area contributed by atoms with Crippen molar-refractivity contribution < 1.29 is 24.2 Å². The molecule has 1 saturated heterocycles. The number of nitrogens with zero attached hydrogens (tertiary/aromatic N) is 1. The van der Waals surface area contributed by atoms with Crippen LogP contribution in [-0.4, -0.2) is 46.5 Å². The Balaban J connectivity index is 2.37. The van der Waals surface area contributed by atoms with Gasteiger partial charge in [0.15, 0.2) is 0 Å². The van der Waals surface area contributed by atoms with E-state index in [-0.39, 0.29) is 10.7 Å². The molecule has 0 radical (unpaired) electrons. The molecule has 1 aliphatic rings. The van der Waals surface area contributed by atoms with Crippen LogP contribution < -0.4 is 9.47 Å². The van der Waals surface area contributed by atoms with E-state index in [1.807, 2.05) is 0 Å². The molecule has 6 nitrogen and oxygen atoms in total. The van der Waals surface area contributed by atoms with Crippen LogP contribution in [0.3, 0.4) is 0 Å². The molecule has 2 rings (SSSR count). The molecule has 8 heteroatoms. The van der Waals surface area contributed by atoms with Crippen molar-refractivity contribution in [3.63, 3.8) is 0 Å². The fourth-order valence-corrected chi connectivity index (χ4v) is 3.64. The van der Waals surface area contributed by atoms with E-state index < -0.39 is 17.9 Å². The number of benzene rings is 1. The number of thiocarbonyl (C=S) groups is 1. The van der Waals surface area contributed by atoms with Crippen LogP contribution in [-0.2, 0) is 9.59 Å². The summed E-state index contributed by atoms with van der Waals surface area (Å²) in [6, 6.07) is 4.26. The minimum atomic E-state index is -1.07. The number of carboxylic acids is 1. The Labute approximate surface area is 149 Å². The Kier molecular flexibility index (Phi) is 5.84. The third kappa shape index (κ3) is 3.54. The van der Waals surface area contributed by atoms with E-state index in [1.54, 1.807) is 38.3 Å². The molecular formula is C16H17NO5S2. The summed E-state index contributed by atoms with van der Waals surface area (Å²) in [5, 5.41) is 9.27. The fraction of sp³-hybridized carbons (Fsp3) is 0.312. The zero-order valence-electron chi connectivity index (χ0n) is 13.4. The van der Waals surface area contributed by atoms with Gasteiger partial charge < -0.3 is 14.6 Å². The number of aliphatic carboxylic acids is 1. The highest BCUT2D eigenvalue weighted by Crippen LogP contribution is 2.36. The fourth-order valence-electron chi connectivity index (χ4n) is 2.30. The Morgan fingerprint density at radius 1 is 1.42 bits per heavy atom. The summed E-state index contributed by atoms with van der Waals surface area (Å²) < 4.78 is 10.7. The van der Waals surface area contributed by atoms with Gasteiger partial charge in [0.05, 0.1) is 19.1 Å². The summed E-state index contributed by atoms with van der Waals surface area (Å²) in [6.07, 6.45) is 1.92. The van der Waals surface area contributed by atoms with Crippen LogP contribution in [0, 0.1) is 0 Å². The Bertz CT molecular complexity index is 716. The first-order valence-electron chi connectivity index (χ1n) is 7.14. The van der Waals surface area contributed by atoms with Gasteiger partial charge in [0, 0.05) is 11.6 Å². The summed E-state index contributed by atoms with van der Waals surface area (Å²) in [4.78, 5) is 25.4. The molecule has 0 saturated carbocycles. The quantitative estimate of drug-likeness (QED) is 0.612. The van der Waals surface area contributed by atoms with Crippen LogP contribution in [0.25, 0.3) is 6.08 Å². The summed E-state index contributed by atoms with van der Waals surface area (Å²) in [5.41, 5.74) is 0.683. The smallest absolute Gasteiger partial charge is 0.326 e. The van der Waals surface area contributed by atoms with Crippen molar-refractivity contribution in [2.24, 2.45) is 0 Å². The lowest BCUT2D eigenvalue weighted by atomic mass is 10.1. The molecular weight excluding hydrogens is 350 g/mol. The number of hydrogen-bond acceptors (Lipinski definition) is 6. The third-order valence-electron chi connectivity index (χ3n) is 3.53. The van der Waals surface area contributed by atoms with E-state index in [9.17, 15) is 14.7 Å². The standard InChI is InChI=1S/C16H17NO5S2/c1-4-11(15(19)20)17-14(18)13(24-16(17)23)7-9-5-6-10(21-2)8-12(9)22-3/h5-8,11H,4H2,1-3H3,(H,19,20)/b13-7-/t11-/m1/s1. The first-order chi connectivity index (χ1) is 11.4. The van der Waals surface area contributed by atoms with Gasteiger partial charge >= 0.3 is 5.97 Å². The van der Waals surface area contributed by atoms with E-state index in [4.69, 9.17) is 21.7 Å². The predicted molar refractivity (Wildman–Crippen MR) is 96.3 cm³/mol. The van der Waals surface area contributed by atoms with E-state index in [2.05, 4.69) is 0 Å². The van der Waals surface area contributed by atoms with Gasteiger partial charge in [-0.25, -0.2) is 4.79 Å². The summed E-state index contributed by atoms with van der Waals surface area (Å²) in [7, 11) is 3.07. The van der Waals surface area contributed by atoms with E-state index in [0.29, 0.717) is 22.0 Å². The van der Waals surface area contributed by atoms with Crippen molar-refractivity contribution >= 4 is 46.3 Å². The van der Waals surface area contributed by atoms with E-state index in [1.165, 1.54) is 7.11 Å². The Morgan fingerprint density at radius 3 is 2.67 bits per heavy atom. The maximum atomic E-state index is 12.6. The average Bonchev–Trinajstić information content (AvgIpc) is 2.83. The van der Waals surface area contributed by atoms with Crippen molar-refractivity contribution in [2.75, 3.05) is 14.2 Å². The monoisotopic (exact) mass is 367 g/mol. The summed E-state index contributed by atoms with van der Waals surface area (Å²) in [5.74, 6) is -0.299. The summed E-state index contributed by atoms with van der Waals surface area (Å²) >= 11 is 6.27. The van der Waals surface area contributed by atoms with Crippen molar-refractivity contribution in [1.82, 2.24) is 4.90 Å². The molecule has 1 N–H and O–H groups in total. The molecule has 0 bridgehead atoms. The number of hydrogen-bond donors (Lipinski definition) is 1. The van der Waals surface area contributed by atoms with Crippen LogP contribution in [0.15, 0.2) is 23.1 Å². The number of methoxy groups -OCH3 is 2. The average molecular weight is 367 g/mol. The number of ether oxygens (including phenoxy) is 2. The van der Waals surface area contributed by atoms with E-state index in [0.717, 1.165) is 16.7 Å². The molecule has 1 heterocycles. The van der Waals surface area contributed by atoms with Gasteiger partial charge in [-0.05, 0) is 24.6 Å². The predicted octanol–water partition coefficient (Wildman–Crippen LogP) is 2.77. The second-order valence-electron chi connectivity index (χ2n) is 4.92. The normalized spacial score (nSPS) is 17.3. The van der Waals surface area contributed by atoms with Crippen molar-refractivity contribution in [1.29, 1.82) is 0 Å². The highest BCUT2D eigenvalue weighted by Gasteiger charge is 2.39. The minimum absolute atomic E-state index is 0.243. The van der Waals surface area contributed by atoms with Gasteiger partial charge in [-0.15, -0.1) is 0 Å². The second-order valence-corrected chi connectivity index (χ2v) is 6.60. The van der Waals surface area contributed by atoms with Gasteiger partial charge in [0.2, 0.25) is 0 Å². The van der Waals surface area contributed by atoms with Crippen LogP contribution in [0.2, 0.25) is 0 Å². The molecule has 1 atom stereocenters. The molecule has 24 heavy (non-hydrogen) atoms. The Morgan fingerprint density at radius 2 is 2.12 bits per heavy atom. The van der Waals surface area contributed by atoms with Gasteiger partial charge in [-0.2, -0.15) is 0 Å². The third-order valence-corrected chi connectivity index (χ3v) is 4.86. The number of carbonyl (C=O) groups is 2. The van der Waals surface area contributed by atoms with Gasteiger partial charge in [-0.1, -0.05) is 30.9 Å². The molecule has 1 aromatic rings. The lowest BCUT2D eigenvalue weighted by molar-refractivity contribution is -0.145. The second kappa shape index (κ2) is 7.67. The SMILES string of the molecule is CC[C@H](C(=O)O)N1C(=O)/C(=C/c2ccc(OC)cc2OC)SC1=S. The van der Waals surface area contributed by atoms with E-state index >= 15 is 0 Å². The van der Waals surface area contributed by atoms with Gasteiger partial charge in [0.1, 0.15) is 21.9 Å². The number of carboxylic acid groups (broad SMARTS) is 1. The van der Waals surface area contributed by atoms with Crippen LogP contribution in [0.5, 0.6) is 11.5 Å². The Hall–Kier alpha value is -2.06. The van der Waals surface area contributed by atoms with Crippen molar-refractivity contribution in [3.05, 3.63) is 28.7 Å². The molecule has 0 unspecified atom stereocenters. The van der Waals surface area contributed by atoms with Gasteiger partial charge in [0.25, 0.3) is 5.91 Å². The van der Waals surface area contributed by atoms with Gasteiger partial charge in [-0.3, -0.25) is 9.69 Å². The summed E-state index contributed by atoms with van der Waals surface area (Å²) in [6.45, 7) is 1.70. The number of rotatable bonds is 6. The highest BCUT2D eigenvalue weighted by molar-refractivity contribution is 8.26.